The van der Waals surface area contributed by atoms with Crippen molar-refractivity contribution < 1.29 is 5.11 Å². The van der Waals surface area contributed by atoms with Gasteiger partial charge in [-0.25, -0.2) is 0 Å². The van der Waals surface area contributed by atoms with Gasteiger partial charge < -0.3 is 15.3 Å². The van der Waals surface area contributed by atoms with E-state index in [-0.39, 0.29) is 5.54 Å². The predicted molar refractivity (Wildman–Crippen MR) is 82.4 cm³/mol. The van der Waals surface area contributed by atoms with Crippen LogP contribution in [-0.2, 0) is 0 Å². The maximum Gasteiger partial charge on any atom is 0.0768 e. The molecule has 2 atom stereocenters. The van der Waals surface area contributed by atoms with Crippen LogP contribution in [0.4, 0.5) is 0 Å². The summed E-state index contributed by atoms with van der Waals surface area (Å²) in [5.41, 5.74) is -0.370. The highest BCUT2D eigenvalue weighted by Crippen LogP contribution is 2.22. The molecule has 1 fully saturated rings. The van der Waals surface area contributed by atoms with Crippen molar-refractivity contribution in [3.8, 4) is 0 Å². The fraction of sp³-hybridized carbons (Fsp3) is 1.00. The molecule has 0 aliphatic carbocycles. The zero-order valence-electron chi connectivity index (χ0n) is 13.8. The molecular formula is C16H34N2O. The summed E-state index contributed by atoms with van der Waals surface area (Å²) in [6.07, 6.45) is 2.56. The molecule has 0 saturated carbocycles. The van der Waals surface area contributed by atoms with E-state index >= 15 is 0 Å². The van der Waals surface area contributed by atoms with Gasteiger partial charge in [-0.05, 0) is 65.5 Å². The third kappa shape index (κ3) is 6.24. The van der Waals surface area contributed by atoms with Gasteiger partial charge in [-0.15, -0.1) is 0 Å². The summed E-state index contributed by atoms with van der Waals surface area (Å²) >= 11 is 0. The molecule has 0 amide bonds. The summed E-state index contributed by atoms with van der Waals surface area (Å²) in [5.74, 6) is 1.02. The van der Waals surface area contributed by atoms with Crippen LogP contribution in [0.25, 0.3) is 0 Å². The molecule has 1 aliphatic heterocycles. The third-order valence-electron chi connectivity index (χ3n) is 4.31. The zero-order valence-corrected chi connectivity index (χ0v) is 13.8. The molecule has 2 unspecified atom stereocenters. The van der Waals surface area contributed by atoms with Crippen LogP contribution in [0.15, 0.2) is 0 Å². The second-order valence-corrected chi connectivity index (χ2v) is 7.89. The normalized spacial score (nSPS) is 25.6. The largest absolute Gasteiger partial charge is 0.389 e. The number of β-amino-alcohol motifs (C(OH)–C–C–N with tert-alkyl or cyclic N) is 1. The molecule has 19 heavy (non-hydrogen) atoms. The van der Waals surface area contributed by atoms with Crippen LogP contribution in [0.3, 0.4) is 0 Å². The number of nitrogens with one attached hydrogen (secondary N) is 1. The van der Waals surface area contributed by atoms with E-state index in [1.807, 2.05) is 6.92 Å². The number of hydrogen-bond acceptors (Lipinski definition) is 3. The Bertz CT molecular complexity index is 268. The monoisotopic (exact) mass is 270 g/mol. The number of rotatable bonds is 5. The topological polar surface area (TPSA) is 35.5 Å². The average molecular weight is 270 g/mol. The second kappa shape index (κ2) is 6.55. The fourth-order valence-corrected chi connectivity index (χ4v) is 2.55. The molecule has 2 N–H and O–H groups in total. The van der Waals surface area contributed by atoms with Crippen LogP contribution < -0.4 is 5.32 Å². The molecule has 0 aromatic carbocycles. The van der Waals surface area contributed by atoms with Crippen molar-refractivity contribution in [3.05, 3.63) is 0 Å². The molecule has 0 aromatic rings. The first-order valence-electron chi connectivity index (χ1n) is 7.80. The van der Waals surface area contributed by atoms with E-state index in [0.29, 0.717) is 5.92 Å². The van der Waals surface area contributed by atoms with E-state index in [1.165, 1.54) is 12.8 Å². The van der Waals surface area contributed by atoms with Crippen LogP contribution in [0.1, 0.15) is 54.4 Å². The van der Waals surface area contributed by atoms with Gasteiger partial charge in [0.1, 0.15) is 0 Å². The number of nitrogens with zero attached hydrogens (tertiary/aromatic N) is 1. The lowest BCUT2D eigenvalue weighted by atomic mass is 9.90. The molecule has 3 nitrogen and oxygen atoms in total. The Hall–Kier alpha value is -0.120. The van der Waals surface area contributed by atoms with Crippen molar-refractivity contribution in [2.45, 2.75) is 65.5 Å². The van der Waals surface area contributed by atoms with Gasteiger partial charge in [-0.1, -0.05) is 13.8 Å². The molecule has 1 heterocycles. The van der Waals surface area contributed by atoms with Crippen molar-refractivity contribution in [1.29, 1.82) is 0 Å². The summed E-state index contributed by atoms with van der Waals surface area (Å²) in [6, 6.07) is 0. The highest BCUT2D eigenvalue weighted by atomic mass is 16.3. The first-order chi connectivity index (χ1) is 8.60. The number of hydrogen-bond donors (Lipinski definition) is 2. The zero-order chi connectivity index (χ0) is 14.7. The Labute approximate surface area is 119 Å². The molecule has 0 bridgehead atoms. The Morgan fingerprint density at radius 3 is 2.42 bits per heavy atom. The summed E-state index contributed by atoms with van der Waals surface area (Å²) in [7, 11) is 0. The van der Waals surface area contributed by atoms with E-state index in [2.05, 4.69) is 44.8 Å². The molecule has 0 radical (unpaired) electrons. The number of aliphatic hydroxyl groups is 1. The van der Waals surface area contributed by atoms with Crippen molar-refractivity contribution in [3.63, 3.8) is 0 Å². The standard InChI is InChI=1S/C16H34N2O/c1-13(2)16(6,19)12-18-9-7-8-14(11-18)10-17-15(3,4)5/h13-14,17,19H,7-12H2,1-6H3. The van der Waals surface area contributed by atoms with Crippen molar-refractivity contribution in [1.82, 2.24) is 10.2 Å². The first kappa shape index (κ1) is 16.9. The third-order valence-corrected chi connectivity index (χ3v) is 4.31. The molecular weight excluding hydrogens is 236 g/mol. The van der Waals surface area contributed by atoms with E-state index < -0.39 is 5.60 Å². The minimum Gasteiger partial charge on any atom is -0.389 e. The van der Waals surface area contributed by atoms with Crippen LogP contribution in [0, 0.1) is 11.8 Å². The summed E-state index contributed by atoms with van der Waals surface area (Å²) in [5, 5.41) is 14.0. The van der Waals surface area contributed by atoms with Crippen molar-refractivity contribution >= 4 is 0 Å². The van der Waals surface area contributed by atoms with E-state index in [0.717, 1.165) is 32.1 Å². The summed E-state index contributed by atoms with van der Waals surface area (Å²) in [4.78, 5) is 2.44. The van der Waals surface area contributed by atoms with Crippen LogP contribution in [0.2, 0.25) is 0 Å². The van der Waals surface area contributed by atoms with Crippen LogP contribution in [-0.4, -0.2) is 47.3 Å². The molecule has 0 aromatic heterocycles. The Morgan fingerprint density at radius 1 is 1.26 bits per heavy atom. The van der Waals surface area contributed by atoms with Gasteiger partial charge in [0, 0.05) is 18.6 Å². The summed E-state index contributed by atoms with van der Waals surface area (Å²) < 4.78 is 0. The SMILES string of the molecule is CC(C)C(C)(O)CN1CCCC(CNC(C)(C)C)C1. The molecule has 1 saturated heterocycles. The lowest BCUT2D eigenvalue weighted by Crippen LogP contribution is -2.50. The lowest BCUT2D eigenvalue weighted by Gasteiger charge is -2.39. The second-order valence-electron chi connectivity index (χ2n) is 7.89. The molecule has 1 aliphatic rings. The Kier molecular flexibility index (Phi) is 5.84. The van der Waals surface area contributed by atoms with Crippen molar-refractivity contribution in [2.75, 3.05) is 26.2 Å². The molecule has 0 spiro atoms. The minimum atomic E-state index is -0.570. The highest BCUT2D eigenvalue weighted by molar-refractivity contribution is 4.85. The summed E-state index contributed by atoms with van der Waals surface area (Å²) in [6.45, 7) is 17.0. The highest BCUT2D eigenvalue weighted by Gasteiger charge is 2.30. The van der Waals surface area contributed by atoms with Gasteiger partial charge >= 0.3 is 0 Å². The van der Waals surface area contributed by atoms with Gasteiger partial charge in [-0.2, -0.15) is 0 Å². The molecule has 3 heteroatoms. The fourth-order valence-electron chi connectivity index (χ4n) is 2.55. The maximum atomic E-state index is 10.4. The van der Waals surface area contributed by atoms with Crippen LogP contribution >= 0.6 is 0 Å². The first-order valence-corrected chi connectivity index (χ1v) is 7.80. The predicted octanol–water partition coefficient (Wildman–Crippen LogP) is 2.49. The van der Waals surface area contributed by atoms with Gasteiger partial charge in [0.15, 0.2) is 0 Å². The van der Waals surface area contributed by atoms with Gasteiger partial charge in [0.25, 0.3) is 0 Å². The number of piperidine rings is 1. The quantitative estimate of drug-likeness (QED) is 0.806. The number of likely N-dealkylation sites (tertiary alicyclic amines) is 1. The Morgan fingerprint density at radius 2 is 1.89 bits per heavy atom. The van der Waals surface area contributed by atoms with E-state index in [1.54, 1.807) is 0 Å². The van der Waals surface area contributed by atoms with Crippen LogP contribution in [0.5, 0.6) is 0 Å². The smallest absolute Gasteiger partial charge is 0.0768 e. The van der Waals surface area contributed by atoms with Gasteiger partial charge in [-0.3, -0.25) is 0 Å². The Balaban J connectivity index is 2.42. The maximum absolute atomic E-state index is 10.4. The molecule has 114 valence electrons. The van der Waals surface area contributed by atoms with Gasteiger partial charge in [0.05, 0.1) is 5.60 Å². The van der Waals surface area contributed by atoms with E-state index in [9.17, 15) is 5.11 Å². The van der Waals surface area contributed by atoms with E-state index in [4.69, 9.17) is 0 Å². The molecule has 1 rings (SSSR count). The minimum absolute atomic E-state index is 0.200. The average Bonchev–Trinajstić information content (AvgIpc) is 2.25. The van der Waals surface area contributed by atoms with Gasteiger partial charge in [0.2, 0.25) is 0 Å². The lowest BCUT2D eigenvalue weighted by molar-refractivity contribution is -0.0278. The van der Waals surface area contributed by atoms with Crippen molar-refractivity contribution in [2.24, 2.45) is 11.8 Å².